The van der Waals surface area contributed by atoms with Gasteiger partial charge in [-0.05, 0) is 25.5 Å². The standard InChI is InChI=1S/C13H12N2O3/c1-9-3-5-11(6-4-9)7-8-12-13(15(16)17)10(2)14-18-12/h3-8H,1-2H3. The van der Waals surface area contributed by atoms with Crippen LogP contribution in [0.5, 0.6) is 0 Å². The maximum absolute atomic E-state index is 10.8. The quantitative estimate of drug-likeness (QED) is 0.613. The normalized spacial score (nSPS) is 11.0. The minimum absolute atomic E-state index is 0.0849. The third-order valence-corrected chi connectivity index (χ3v) is 2.54. The van der Waals surface area contributed by atoms with Crippen LogP contribution in [0.2, 0.25) is 0 Å². The highest BCUT2D eigenvalue weighted by atomic mass is 16.6. The smallest absolute Gasteiger partial charge is 0.338 e. The van der Waals surface area contributed by atoms with Crippen molar-refractivity contribution in [2.45, 2.75) is 13.8 Å². The van der Waals surface area contributed by atoms with E-state index in [1.165, 1.54) is 0 Å². The first-order valence-corrected chi connectivity index (χ1v) is 5.43. The molecule has 5 heteroatoms. The summed E-state index contributed by atoms with van der Waals surface area (Å²) in [5.41, 5.74) is 2.31. The molecule has 1 aromatic carbocycles. The molecule has 18 heavy (non-hydrogen) atoms. The van der Waals surface area contributed by atoms with Gasteiger partial charge in [-0.3, -0.25) is 10.1 Å². The van der Waals surface area contributed by atoms with Gasteiger partial charge < -0.3 is 4.52 Å². The molecule has 0 N–H and O–H groups in total. The first kappa shape index (κ1) is 12.0. The molecule has 5 nitrogen and oxygen atoms in total. The highest BCUT2D eigenvalue weighted by Gasteiger charge is 2.21. The summed E-state index contributed by atoms with van der Waals surface area (Å²) in [6.45, 7) is 3.54. The van der Waals surface area contributed by atoms with Crippen molar-refractivity contribution in [1.29, 1.82) is 0 Å². The molecule has 0 aliphatic heterocycles. The number of benzene rings is 1. The van der Waals surface area contributed by atoms with Gasteiger partial charge in [0.2, 0.25) is 5.76 Å². The summed E-state index contributed by atoms with van der Waals surface area (Å²) in [6.07, 6.45) is 3.31. The second-order valence-corrected chi connectivity index (χ2v) is 3.98. The van der Waals surface area contributed by atoms with Crippen molar-refractivity contribution in [3.05, 3.63) is 57.0 Å². The van der Waals surface area contributed by atoms with E-state index in [0.29, 0.717) is 0 Å². The van der Waals surface area contributed by atoms with Crippen LogP contribution in [0.15, 0.2) is 28.8 Å². The fourth-order valence-electron chi connectivity index (χ4n) is 1.56. The van der Waals surface area contributed by atoms with Gasteiger partial charge in [-0.25, -0.2) is 0 Å². The zero-order valence-electron chi connectivity index (χ0n) is 10.1. The summed E-state index contributed by atoms with van der Waals surface area (Å²) in [5, 5.41) is 14.4. The second kappa shape index (κ2) is 4.83. The van der Waals surface area contributed by atoms with Gasteiger partial charge >= 0.3 is 5.69 Å². The van der Waals surface area contributed by atoms with E-state index in [1.807, 2.05) is 31.2 Å². The molecule has 1 heterocycles. The van der Waals surface area contributed by atoms with Crippen LogP contribution in [0.3, 0.4) is 0 Å². The zero-order valence-corrected chi connectivity index (χ0v) is 10.1. The van der Waals surface area contributed by atoms with Gasteiger partial charge in [0.25, 0.3) is 0 Å². The molecule has 0 saturated carbocycles. The number of nitro groups is 1. The summed E-state index contributed by atoms with van der Waals surface area (Å²) in [4.78, 5) is 10.3. The molecule has 0 saturated heterocycles. The molecule has 2 aromatic rings. The van der Waals surface area contributed by atoms with E-state index in [1.54, 1.807) is 19.1 Å². The molecular formula is C13H12N2O3. The van der Waals surface area contributed by atoms with E-state index in [2.05, 4.69) is 5.16 Å². The number of aryl methyl sites for hydroxylation is 2. The summed E-state index contributed by atoms with van der Waals surface area (Å²) in [7, 11) is 0. The monoisotopic (exact) mass is 244 g/mol. The SMILES string of the molecule is Cc1ccc(C=Cc2onc(C)c2[N+](=O)[O-])cc1. The number of nitrogens with zero attached hydrogens (tertiary/aromatic N) is 2. The average Bonchev–Trinajstić information content (AvgIpc) is 2.70. The van der Waals surface area contributed by atoms with Crippen molar-refractivity contribution in [3.63, 3.8) is 0 Å². The third-order valence-electron chi connectivity index (χ3n) is 2.54. The summed E-state index contributed by atoms with van der Waals surface area (Å²) in [5.74, 6) is 0.165. The van der Waals surface area contributed by atoms with Gasteiger partial charge in [0.15, 0.2) is 5.69 Å². The van der Waals surface area contributed by atoms with E-state index in [9.17, 15) is 10.1 Å². The number of rotatable bonds is 3. The molecule has 92 valence electrons. The first-order chi connectivity index (χ1) is 8.58. The Morgan fingerprint density at radius 1 is 1.22 bits per heavy atom. The molecule has 0 aliphatic carbocycles. The molecule has 1 aromatic heterocycles. The first-order valence-electron chi connectivity index (χ1n) is 5.43. The Kier molecular flexibility index (Phi) is 3.23. The molecule has 0 radical (unpaired) electrons. The maximum Gasteiger partial charge on any atom is 0.338 e. The highest BCUT2D eigenvalue weighted by Crippen LogP contribution is 2.24. The van der Waals surface area contributed by atoms with Crippen molar-refractivity contribution in [1.82, 2.24) is 5.16 Å². The van der Waals surface area contributed by atoms with Crippen LogP contribution in [0.25, 0.3) is 12.2 Å². The minimum atomic E-state index is -0.485. The molecule has 0 amide bonds. The van der Waals surface area contributed by atoms with Crippen LogP contribution >= 0.6 is 0 Å². The average molecular weight is 244 g/mol. The van der Waals surface area contributed by atoms with Gasteiger partial charge in [-0.15, -0.1) is 0 Å². The molecule has 0 aliphatic rings. The lowest BCUT2D eigenvalue weighted by Gasteiger charge is -1.93. The van der Waals surface area contributed by atoms with Crippen LogP contribution in [0, 0.1) is 24.0 Å². The lowest BCUT2D eigenvalue weighted by atomic mass is 10.1. The van der Waals surface area contributed by atoms with Crippen molar-refractivity contribution in [2.24, 2.45) is 0 Å². The van der Waals surface area contributed by atoms with Crippen LogP contribution in [-0.2, 0) is 0 Å². The van der Waals surface area contributed by atoms with E-state index < -0.39 is 4.92 Å². The van der Waals surface area contributed by atoms with Gasteiger partial charge in [0.1, 0.15) is 0 Å². The fourth-order valence-corrected chi connectivity index (χ4v) is 1.56. The van der Waals surface area contributed by atoms with E-state index >= 15 is 0 Å². The van der Waals surface area contributed by atoms with Crippen molar-refractivity contribution in [3.8, 4) is 0 Å². The van der Waals surface area contributed by atoms with Crippen LogP contribution < -0.4 is 0 Å². The second-order valence-electron chi connectivity index (χ2n) is 3.98. The predicted octanol–water partition coefficient (Wildman–Crippen LogP) is 3.37. The Morgan fingerprint density at radius 3 is 2.50 bits per heavy atom. The highest BCUT2D eigenvalue weighted by molar-refractivity contribution is 5.71. The largest absolute Gasteiger partial charge is 0.349 e. The fraction of sp³-hybridized carbons (Fsp3) is 0.154. The van der Waals surface area contributed by atoms with E-state index in [-0.39, 0.29) is 17.1 Å². The third kappa shape index (κ3) is 2.45. The molecule has 2 rings (SSSR count). The molecule has 0 atom stereocenters. The Bertz CT molecular complexity index is 597. The van der Waals surface area contributed by atoms with Crippen LogP contribution in [-0.4, -0.2) is 10.1 Å². The number of hydrogen-bond donors (Lipinski definition) is 0. The molecule has 0 bridgehead atoms. The Morgan fingerprint density at radius 2 is 1.89 bits per heavy atom. The molecule has 0 spiro atoms. The van der Waals surface area contributed by atoms with Crippen molar-refractivity contribution >= 4 is 17.8 Å². The molecule has 0 fully saturated rings. The lowest BCUT2D eigenvalue weighted by Crippen LogP contribution is -1.90. The Labute approximate surface area is 104 Å². The number of aromatic nitrogens is 1. The molecule has 0 unspecified atom stereocenters. The lowest BCUT2D eigenvalue weighted by molar-refractivity contribution is -0.386. The minimum Gasteiger partial charge on any atom is -0.349 e. The van der Waals surface area contributed by atoms with Crippen LogP contribution in [0.4, 0.5) is 5.69 Å². The Balaban J connectivity index is 2.29. The summed E-state index contributed by atoms with van der Waals surface area (Å²) < 4.78 is 4.92. The van der Waals surface area contributed by atoms with E-state index in [0.717, 1.165) is 11.1 Å². The predicted molar refractivity (Wildman–Crippen MR) is 68.0 cm³/mol. The zero-order chi connectivity index (χ0) is 13.1. The van der Waals surface area contributed by atoms with E-state index in [4.69, 9.17) is 4.52 Å². The van der Waals surface area contributed by atoms with Crippen molar-refractivity contribution in [2.75, 3.05) is 0 Å². The Hall–Kier alpha value is -2.43. The van der Waals surface area contributed by atoms with Gasteiger partial charge in [0, 0.05) is 0 Å². The van der Waals surface area contributed by atoms with Gasteiger partial charge in [0.05, 0.1) is 4.92 Å². The summed E-state index contributed by atoms with van der Waals surface area (Å²) >= 11 is 0. The van der Waals surface area contributed by atoms with Crippen LogP contribution in [0.1, 0.15) is 22.6 Å². The van der Waals surface area contributed by atoms with Gasteiger partial charge in [-0.1, -0.05) is 41.1 Å². The summed E-state index contributed by atoms with van der Waals surface area (Å²) in [6, 6.07) is 7.81. The van der Waals surface area contributed by atoms with Gasteiger partial charge in [-0.2, -0.15) is 0 Å². The maximum atomic E-state index is 10.8. The number of hydrogen-bond acceptors (Lipinski definition) is 4. The topological polar surface area (TPSA) is 69.2 Å². The molecular weight excluding hydrogens is 232 g/mol. The van der Waals surface area contributed by atoms with Crippen molar-refractivity contribution < 1.29 is 9.45 Å².